The number of nitrogens with one attached hydrogen (secondary N) is 1. The highest BCUT2D eigenvalue weighted by atomic mass is 16.6. The maximum Gasteiger partial charge on any atom is 0.320 e. The SMILES string of the molecule is C=CC1(C)CC(O)C2(C)C3C(=O)CCC3(CCC2(C)OC(=O)CN2CCNCC2C(N)=O)C(C)C1O. The topological polar surface area (TPSA) is 142 Å². The number of hydrogen-bond acceptors (Lipinski definition) is 8. The monoisotopic (exact) mass is 505 g/mol. The Labute approximate surface area is 213 Å². The maximum atomic E-state index is 13.5. The van der Waals surface area contributed by atoms with Gasteiger partial charge >= 0.3 is 5.97 Å². The standard InChI is InChI=1S/C27H43N3O6/c1-6-24(3)13-19(32)26(5)21-18(31)7-8-27(21,16(2)22(24)34)10-9-25(26,4)36-20(33)15-30-12-11-29-14-17(30)23(28)35/h6,16-17,19,21-22,29,32,34H,1,7-15H2,2-5H3,(H2,28,35). The number of amides is 1. The Hall–Kier alpha value is -1.81. The van der Waals surface area contributed by atoms with Crippen molar-refractivity contribution in [2.75, 3.05) is 26.2 Å². The molecule has 1 heterocycles. The van der Waals surface area contributed by atoms with Gasteiger partial charge in [0.1, 0.15) is 17.4 Å². The number of aliphatic hydroxyl groups excluding tert-OH is 2. The lowest BCUT2D eigenvalue weighted by Crippen LogP contribution is -2.69. The fraction of sp³-hybridized carbons (Fsp3) is 0.815. The Kier molecular flexibility index (Phi) is 6.95. The minimum Gasteiger partial charge on any atom is -0.458 e. The molecule has 9 atom stereocenters. The molecule has 3 saturated carbocycles. The molecule has 4 fully saturated rings. The second-order valence-corrected chi connectivity index (χ2v) is 12.4. The Balaban J connectivity index is 1.70. The number of nitrogens with zero attached hydrogens (tertiary/aromatic N) is 1. The van der Waals surface area contributed by atoms with Gasteiger partial charge in [0.05, 0.1) is 18.8 Å². The van der Waals surface area contributed by atoms with Crippen molar-refractivity contribution in [3.8, 4) is 0 Å². The molecule has 4 rings (SSSR count). The van der Waals surface area contributed by atoms with Crippen molar-refractivity contribution in [1.29, 1.82) is 0 Å². The summed E-state index contributed by atoms with van der Waals surface area (Å²) in [7, 11) is 0. The van der Waals surface area contributed by atoms with Crippen LogP contribution in [0.5, 0.6) is 0 Å². The average Bonchev–Trinajstić information content (AvgIpc) is 3.18. The predicted molar refractivity (Wildman–Crippen MR) is 134 cm³/mol. The number of esters is 1. The summed E-state index contributed by atoms with van der Waals surface area (Å²) in [6.45, 7) is 13.0. The van der Waals surface area contributed by atoms with Crippen LogP contribution in [0.4, 0.5) is 0 Å². The molecule has 1 saturated heterocycles. The summed E-state index contributed by atoms with van der Waals surface area (Å²) in [5.41, 5.74) is 2.13. The molecule has 0 spiro atoms. The Morgan fingerprint density at radius 2 is 1.94 bits per heavy atom. The van der Waals surface area contributed by atoms with E-state index >= 15 is 0 Å². The van der Waals surface area contributed by atoms with Crippen LogP contribution in [0.15, 0.2) is 12.7 Å². The van der Waals surface area contributed by atoms with Crippen LogP contribution in [-0.4, -0.2) is 82.8 Å². The third kappa shape index (κ3) is 3.85. The maximum absolute atomic E-state index is 13.5. The van der Waals surface area contributed by atoms with Crippen LogP contribution in [0, 0.1) is 28.1 Å². The quantitative estimate of drug-likeness (QED) is 0.317. The highest BCUT2D eigenvalue weighted by molar-refractivity contribution is 5.86. The summed E-state index contributed by atoms with van der Waals surface area (Å²) in [6, 6.07) is -0.604. The minimum absolute atomic E-state index is 0.0654. The largest absolute Gasteiger partial charge is 0.458 e. The van der Waals surface area contributed by atoms with Gasteiger partial charge in [0.15, 0.2) is 0 Å². The van der Waals surface area contributed by atoms with Crippen LogP contribution in [0.2, 0.25) is 0 Å². The predicted octanol–water partition coefficient (Wildman–Crippen LogP) is 0.767. The van der Waals surface area contributed by atoms with Crippen LogP contribution >= 0.6 is 0 Å². The highest BCUT2D eigenvalue weighted by Gasteiger charge is 2.72. The van der Waals surface area contributed by atoms with E-state index < -0.39 is 57.9 Å². The molecule has 1 aliphatic heterocycles. The summed E-state index contributed by atoms with van der Waals surface area (Å²) in [6.07, 6.45) is 2.26. The Morgan fingerprint density at radius 1 is 1.25 bits per heavy atom. The van der Waals surface area contributed by atoms with Crippen molar-refractivity contribution in [2.45, 2.75) is 83.6 Å². The lowest BCUT2D eigenvalue weighted by atomic mass is 9.42. The first-order valence-electron chi connectivity index (χ1n) is 13.2. The van der Waals surface area contributed by atoms with Gasteiger partial charge in [-0.15, -0.1) is 6.58 Å². The van der Waals surface area contributed by atoms with Crippen molar-refractivity contribution in [3.63, 3.8) is 0 Å². The first kappa shape index (κ1) is 27.2. The average molecular weight is 506 g/mol. The number of ether oxygens (including phenoxy) is 1. The van der Waals surface area contributed by atoms with E-state index in [1.54, 1.807) is 11.0 Å². The number of rotatable bonds is 5. The molecule has 9 unspecified atom stereocenters. The molecule has 5 N–H and O–H groups in total. The van der Waals surface area contributed by atoms with E-state index in [1.165, 1.54) is 0 Å². The first-order valence-corrected chi connectivity index (χ1v) is 13.2. The fourth-order valence-electron chi connectivity index (χ4n) is 8.14. The molecule has 0 aromatic carbocycles. The van der Waals surface area contributed by atoms with Gasteiger partial charge in [-0.1, -0.05) is 26.8 Å². The molecule has 36 heavy (non-hydrogen) atoms. The molecule has 0 radical (unpaired) electrons. The lowest BCUT2D eigenvalue weighted by molar-refractivity contribution is -0.253. The normalized spacial score (nSPS) is 47.4. The summed E-state index contributed by atoms with van der Waals surface area (Å²) in [5.74, 6) is -1.67. The van der Waals surface area contributed by atoms with Gasteiger partial charge in [-0.3, -0.25) is 19.3 Å². The molecule has 1 amide bonds. The summed E-state index contributed by atoms with van der Waals surface area (Å²) in [4.78, 5) is 40.5. The van der Waals surface area contributed by atoms with Crippen LogP contribution < -0.4 is 11.1 Å². The molecule has 2 bridgehead atoms. The Morgan fingerprint density at radius 3 is 2.58 bits per heavy atom. The fourth-order valence-corrected chi connectivity index (χ4v) is 8.14. The van der Waals surface area contributed by atoms with Gasteiger partial charge in [0.25, 0.3) is 0 Å². The minimum atomic E-state index is -1.11. The highest BCUT2D eigenvalue weighted by Crippen LogP contribution is 2.69. The third-order valence-corrected chi connectivity index (χ3v) is 10.7. The summed E-state index contributed by atoms with van der Waals surface area (Å²) in [5, 5.41) is 26.4. The van der Waals surface area contributed by atoms with E-state index in [0.29, 0.717) is 45.3 Å². The summed E-state index contributed by atoms with van der Waals surface area (Å²) >= 11 is 0. The Bertz CT molecular complexity index is 942. The summed E-state index contributed by atoms with van der Waals surface area (Å²) < 4.78 is 6.23. The third-order valence-electron chi connectivity index (χ3n) is 10.7. The van der Waals surface area contributed by atoms with Crippen molar-refractivity contribution < 1.29 is 29.3 Å². The number of nitrogens with two attached hydrogens (primary N) is 1. The van der Waals surface area contributed by atoms with E-state index in [-0.39, 0.29) is 24.7 Å². The number of hydrogen-bond donors (Lipinski definition) is 4. The van der Waals surface area contributed by atoms with Crippen molar-refractivity contribution in [3.05, 3.63) is 12.7 Å². The van der Waals surface area contributed by atoms with Gasteiger partial charge in [0.2, 0.25) is 5.91 Å². The van der Waals surface area contributed by atoms with Crippen molar-refractivity contribution >= 4 is 17.7 Å². The smallest absolute Gasteiger partial charge is 0.320 e. The number of Topliss-reactive ketones (excluding diaryl/α,β-unsaturated/α-hetero) is 1. The number of ketones is 1. The number of piperazine rings is 1. The van der Waals surface area contributed by atoms with Gasteiger partial charge in [-0.25, -0.2) is 0 Å². The second kappa shape index (κ2) is 9.19. The number of carbonyl (C=O) groups is 3. The molecule has 0 aromatic rings. The lowest BCUT2D eigenvalue weighted by Gasteiger charge is -2.64. The number of aliphatic hydroxyl groups is 2. The van der Waals surface area contributed by atoms with Crippen LogP contribution in [0.25, 0.3) is 0 Å². The number of carbonyl (C=O) groups excluding carboxylic acids is 3. The molecule has 9 nitrogen and oxygen atoms in total. The molecule has 9 heteroatoms. The molecular formula is C27H43N3O6. The molecule has 3 aliphatic carbocycles. The van der Waals surface area contributed by atoms with Gasteiger partial charge in [-0.05, 0) is 43.9 Å². The molecule has 0 aromatic heterocycles. The zero-order chi connectivity index (χ0) is 26.7. The zero-order valence-corrected chi connectivity index (χ0v) is 22.1. The van der Waals surface area contributed by atoms with Crippen LogP contribution in [0.3, 0.4) is 0 Å². The van der Waals surface area contributed by atoms with Crippen molar-refractivity contribution in [2.24, 2.45) is 33.8 Å². The van der Waals surface area contributed by atoms with Crippen molar-refractivity contribution in [1.82, 2.24) is 10.2 Å². The second-order valence-electron chi connectivity index (χ2n) is 12.4. The molecule has 4 aliphatic rings. The number of primary amides is 1. The van der Waals surface area contributed by atoms with Gasteiger partial charge < -0.3 is 26.0 Å². The van der Waals surface area contributed by atoms with Crippen LogP contribution in [0.1, 0.15) is 59.8 Å². The van der Waals surface area contributed by atoms with Gasteiger partial charge in [0, 0.05) is 42.8 Å². The van der Waals surface area contributed by atoms with E-state index in [0.717, 1.165) is 0 Å². The van der Waals surface area contributed by atoms with E-state index in [4.69, 9.17) is 10.5 Å². The van der Waals surface area contributed by atoms with Crippen LogP contribution in [-0.2, 0) is 19.1 Å². The molecular weight excluding hydrogens is 462 g/mol. The molecule has 202 valence electrons. The first-order chi connectivity index (χ1) is 16.8. The van der Waals surface area contributed by atoms with E-state index in [2.05, 4.69) is 11.9 Å². The zero-order valence-electron chi connectivity index (χ0n) is 22.1. The van der Waals surface area contributed by atoms with Gasteiger partial charge in [-0.2, -0.15) is 0 Å². The van der Waals surface area contributed by atoms with E-state index in [9.17, 15) is 24.6 Å². The van der Waals surface area contributed by atoms with E-state index in [1.807, 2.05) is 27.7 Å².